The number of carbonyl (C=O) groups is 2. The van der Waals surface area contributed by atoms with Crippen molar-refractivity contribution < 1.29 is 14.0 Å². The highest BCUT2D eigenvalue weighted by atomic mass is 32.1. The molecule has 30 heavy (non-hydrogen) atoms. The van der Waals surface area contributed by atoms with Crippen LogP contribution in [0.4, 0.5) is 4.39 Å². The molecule has 0 radical (unpaired) electrons. The molecule has 0 aliphatic carbocycles. The topological polar surface area (TPSA) is 49.4 Å². The fourth-order valence-corrected chi connectivity index (χ4v) is 4.50. The number of halogens is 1. The fourth-order valence-electron chi connectivity index (χ4n) is 3.86. The molecule has 0 saturated carbocycles. The van der Waals surface area contributed by atoms with Crippen molar-refractivity contribution in [3.63, 3.8) is 0 Å². The van der Waals surface area contributed by atoms with Gasteiger partial charge in [-0.2, -0.15) is 0 Å². The van der Waals surface area contributed by atoms with E-state index in [2.05, 4.69) is 5.32 Å². The van der Waals surface area contributed by atoms with Gasteiger partial charge in [0.2, 0.25) is 0 Å². The molecular weight excluding hydrogens is 399 g/mol. The van der Waals surface area contributed by atoms with Gasteiger partial charge in [0.05, 0.1) is 4.88 Å². The van der Waals surface area contributed by atoms with Crippen LogP contribution in [-0.2, 0) is 13.0 Å². The monoisotopic (exact) mass is 422 g/mol. The van der Waals surface area contributed by atoms with Crippen LogP contribution in [0, 0.1) is 5.82 Å². The van der Waals surface area contributed by atoms with Gasteiger partial charge in [-0.15, -0.1) is 11.3 Å². The van der Waals surface area contributed by atoms with Crippen molar-refractivity contribution in [1.82, 2.24) is 10.2 Å². The Hall–Kier alpha value is -2.99. The van der Waals surface area contributed by atoms with Crippen LogP contribution in [0.5, 0.6) is 0 Å². The summed E-state index contributed by atoms with van der Waals surface area (Å²) in [7, 11) is 0. The van der Waals surface area contributed by atoms with E-state index in [4.69, 9.17) is 0 Å². The Morgan fingerprint density at radius 2 is 1.90 bits per heavy atom. The Labute approximate surface area is 179 Å². The van der Waals surface area contributed by atoms with Gasteiger partial charge in [-0.25, -0.2) is 4.39 Å². The van der Waals surface area contributed by atoms with Gasteiger partial charge in [0, 0.05) is 24.7 Å². The number of nitrogens with one attached hydrogen (secondary N) is 1. The lowest BCUT2D eigenvalue weighted by Crippen LogP contribution is -2.36. The number of hydrogen-bond acceptors (Lipinski definition) is 3. The lowest BCUT2D eigenvalue weighted by atomic mass is 10.0. The van der Waals surface area contributed by atoms with Crippen molar-refractivity contribution in [3.8, 4) is 0 Å². The molecule has 2 aromatic carbocycles. The summed E-state index contributed by atoms with van der Waals surface area (Å²) < 4.78 is 13.5. The van der Waals surface area contributed by atoms with Crippen LogP contribution in [0.25, 0.3) is 0 Å². The molecule has 1 unspecified atom stereocenters. The van der Waals surface area contributed by atoms with E-state index in [-0.39, 0.29) is 23.7 Å². The predicted octanol–water partition coefficient (Wildman–Crippen LogP) is 4.66. The minimum absolute atomic E-state index is 0.00285. The maximum atomic E-state index is 13.5. The van der Waals surface area contributed by atoms with Crippen molar-refractivity contribution in [1.29, 1.82) is 0 Å². The molecule has 1 saturated heterocycles. The van der Waals surface area contributed by atoms with E-state index < -0.39 is 0 Å². The van der Waals surface area contributed by atoms with E-state index in [0.717, 1.165) is 30.5 Å². The quantitative estimate of drug-likeness (QED) is 0.628. The van der Waals surface area contributed by atoms with Crippen molar-refractivity contribution in [3.05, 3.63) is 93.4 Å². The summed E-state index contributed by atoms with van der Waals surface area (Å²) in [6.45, 7) is 1.13. The second-order valence-electron chi connectivity index (χ2n) is 7.49. The van der Waals surface area contributed by atoms with Crippen LogP contribution < -0.4 is 5.32 Å². The summed E-state index contributed by atoms with van der Waals surface area (Å²) in [6.07, 6.45) is 2.55. The zero-order valence-corrected chi connectivity index (χ0v) is 17.3. The van der Waals surface area contributed by atoms with E-state index in [0.29, 0.717) is 23.4 Å². The Morgan fingerprint density at radius 3 is 2.63 bits per heavy atom. The van der Waals surface area contributed by atoms with Crippen LogP contribution in [0.15, 0.2) is 66.0 Å². The van der Waals surface area contributed by atoms with Gasteiger partial charge >= 0.3 is 0 Å². The summed E-state index contributed by atoms with van der Waals surface area (Å²) in [6, 6.07) is 17.7. The van der Waals surface area contributed by atoms with Crippen LogP contribution in [0.3, 0.4) is 0 Å². The Balaban J connectivity index is 1.37. The van der Waals surface area contributed by atoms with Crippen LogP contribution >= 0.6 is 11.3 Å². The molecule has 2 amide bonds. The van der Waals surface area contributed by atoms with Gasteiger partial charge in [-0.3, -0.25) is 9.59 Å². The molecule has 0 spiro atoms. The minimum Gasteiger partial charge on any atom is -0.347 e. The summed E-state index contributed by atoms with van der Waals surface area (Å²) in [5, 5.41) is 4.76. The lowest BCUT2D eigenvalue weighted by Gasteiger charge is -2.25. The third-order valence-electron chi connectivity index (χ3n) is 5.40. The van der Waals surface area contributed by atoms with E-state index in [1.54, 1.807) is 18.2 Å². The molecule has 2 heterocycles. The molecular formula is C24H23FN2O2S. The normalized spacial score (nSPS) is 15.9. The second kappa shape index (κ2) is 9.22. The number of rotatable bonds is 6. The Morgan fingerprint density at radius 1 is 1.07 bits per heavy atom. The van der Waals surface area contributed by atoms with Gasteiger partial charge in [0.1, 0.15) is 5.82 Å². The first kappa shape index (κ1) is 20.3. The fraction of sp³-hybridized carbons (Fsp3) is 0.250. The molecule has 1 aromatic heterocycles. The van der Waals surface area contributed by atoms with E-state index >= 15 is 0 Å². The first-order chi connectivity index (χ1) is 14.6. The van der Waals surface area contributed by atoms with E-state index in [1.165, 1.54) is 17.4 Å². The molecule has 1 aliphatic heterocycles. The highest BCUT2D eigenvalue weighted by Crippen LogP contribution is 2.24. The Kier molecular flexibility index (Phi) is 6.23. The zero-order valence-electron chi connectivity index (χ0n) is 16.5. The van der Waals surface area contributed by atoms with Gasteiger partial charge in [0.15, 0.2) is 0 Å². The molecule has 1 fully saturated rings. The predicted molar refractivity (Wildman–Crippen MR) is 116 cm³/mol. The van der Waals surface area contributed by atoms with Crippen molar-refractivity contribution in [2.75, 3.05) is 6.54 Å². The van der Waals surface area contributed by atoms with E-state index in [9.17, 15) is 14.0 Å². The first-order valence-electron chi connectivity index (χ1n) is 10.1. The smallest absolute Gasteiger partial charge is 0.261 e. The highest BCUT2D eigenvalue weighted by molar-refractivity contribution is 7.12. The van der Waals surface area contributed by atoms with Gasteiger partial charge < -0.3 is 10.2 Å². The van der Waals surface area contributed by atoms with Crippen LogP contribution in [-0.4, -0.2) is 29.3 Å². The molecule has 1 atom stereocenters. The second-order valence-corrected chi connectivity index (χ2v) is 8.43. The molecule has 3 aromatic rings. The summed E-state index contributed by atoms with van der Waals surface area (Å²) in [5.41, 5.74) is 2.49. The molecule has 6 heteroatoms. The SMILES string of the molecule is O=C(NCc1ccc(C(=O)N2CCCC2Cc2cccc(F)c2)cc1)c1cccs1. The maximum absolute atomic E-state index is 13.5. The number of benzene rings is 2. The molecule has 4 nitrogen and oxygen atoms in total. The molecule has 1 N–H and O–H groups in total. The number of thiophene rings is 1. The average molecular weight is 423 g/mol. The summed E-state index contributed by atoms with van der Waals surface area (Å²) in [5.74, 6) is -0.337. The number of nitrogens with zero attached hydrogens (tertiary/aromatic N) is 1. The highest BCUT2D eigenvalue weighted by Gasteiger charge is 2.29. The van der Waals surface area contributed by atoms with Crippen molar-refractivity contribution in [2.24, 2.45) is 0 Å². The zero-order chi connectivity index (χ0) is 20.9. The average Bonchev–Trinajstić information content (AvgIpc) is 3.44. The molecule has 4 rings (SSSR count). The maximum Gasteiger partial charge on any atom is 0.261 e. The number of hydrogen-bond donors (Lipinski definition) is 1. The summed E-state index contributed by atoms with van der Waals surface area (Å²) in [4.78, 5) is 27.7. The minimum atomic E-state index is -0.245. The molecule has 1 aliphatic rings. The van der Waals surface area contributed by atoms with Crippen molar-refractivity contribution in [2.45, 2.75) is 31.8 Å². The number of likely N-dealkylation sites (tertiary alicyclic amines) is 1. The third kappa shape index (κ3) is 4.76. The van der Waals surface area contributed by atoms with Crippen LogP contribution in [0.2, 0.25) is 0 Å². The standard InChI is InChI=1S/C24H23FN2O2S/c25-20-5-1-4-18(14-20)15-21-6-2-12-27(21)24(29)19-10-8-17(9-11-19)16-26-23(28)22-7-3-13-30-22/h1,3-5,7-11,13-14,21H,2,6,12,15-16H2,(H,26,28). The molecule has 0 bridgehead atoms. The summed E-state index contributed by atoms with van der Waals surface area (Å²) >= 11 is 1.40. The van der Waals surface area contributed by atoms with Crippen LogP contribution in [0.1, 0.15) is 44.0 Å². The third-order valence-corrected chi connectivity index (χ3v) is 6.27. The molecule has 154 valence electrons. The number of amides is 2. The first-order valence-corrected chi connectivity index (χ1v) is 10.9. The van der Waals surface area contributed by atoms with E-state index in [1.807, 2.05) is 46.7 Å². The van der Waals surface area contributed by atoms with Gasteiger partial charge in [-0.1, -0.05) is 30.3 Å². The van der Waals surface area contributed by atoms with Crippen molar-refractivity contribution >= 4 is 23.2 Å². The number of carbonyl (C=O) groups excluding carboxylic acids is 2. The lowest BCUT2D eigenvalue weighted by molar-refractivity contribution is 0.0736. The van der Waals surface area contributed by atoms with Gasteiger partial charge in [0.25, 0.3) is 11.8 Å². The largest absolute Gasteiger partial charge is 0.347 e. The van der Waals surface area contributed by atoms with Gasteiger partial charge in [-0.05, 0) is 66.1 Å². The Bertz CT molecular complexity index is 1020.